The summed E-state index contributed by atoms with van der Waals surface area (Å²) in [7, 11) is 0. The molecule has 13 heteroatoms. The van der Waals surface area contributed by atoms with Gasteiger partial charge in [-0.1, -0.05) is 11.8 Å². The molecule has 2 aromatic heterocycles. The van der Waals surface area contributed by atoms with Gasteiger partial charge in [0.25, 0.3) is 5.56 Å². The SMILES string of the molecule is CSc1nc2c(ncn2[C@@H]2OC[C@@H](OC(C)=O)[C@H](OC(C)=O)[C@H]2OC(C)=O)c(=O)[nH]1. The van der Waals surface area contributed by atoms with Crippen LogP contribution in [0.3, 0.4) is 0 Å². The molecule has 4 atom stereocenters. The van der Waals surface area contributed by atoms with Crippen LogP contribution in [-0.2, 0) is 33.3 Å². The molecular formula is C17H20N4O8S. The summed E-state index contributed by atoms with van der Waals surface area (Å²) >= 11 is 1.22. The van der Waals surface area contributed by atoms with Crippen LogP contribution in [0.25, 0.3) is 11.2 Å². The van der Waals surface area contributed by atoms with E-state index in [1.807, 2.05) is 0 Å². The van der Waals surface area contributed by atoms with E-state index in [4.69, 9.17) is 18.9 Å². The van der Waals surface area contributed by atoms with Crippen LogP contribution < -0.4 is 5.56 Å². The number of nitrogens with zero attached hydrogens (tertiary/aromatic N) is 3. The van der Waals surface area contributed by atoms with E-state index in [1.54, 1.807) is 6.26 Å². The molecule has 1 aliphatic heterocycles. The standard InChI is InChI=1S/C17H20N4O8S/c1-7(22)27-10-5-26-16(13(29-9(3)24)12(10)28-8(2)23)21-6-18-11-14(21)19-17(30-4)20-15(11)25/h6,10,12-13,16H,5H2,1-4H3,(H,19,20,25)/t10-,12+,13-,16-/m1/s1. The predicted octanol–water partition coefficient (Wildman–Crippen LogP) is 0.165. The molecule has 0 spiro atoms. The number of H-pyrrole nitrogens is 1. The van der Waals surface area contributed by atoms with Crippen molar-refractivity contribution in [1.82, 2.24) is 19.5 Å². The van der Waals surface area contributed by atoms with Crippen molar-refractivity contribution < 1.29 is 33.3 Å². The first-order valence-electron chi connectivity index (χ1n) is 8.85. The fourth-order valence-electron chi connectivity index (χ4n) is 3.15. The van der Waals surface area contributed by atoms with Gasteiger partial charge in [-0.15, -0.1) is 0 Å². The van der Waals surface area contributed by atoms with Gasteiger partial charge in [0, 0.05) is 20.8 Å². The number of rotatable bonds is 5. The summed E-state index contributed by atoms with van der Waals surface area (Å²) in [4.78, 5) is 58.2. The minimum absolute atomic E-state index is 0.0594. The molecule has 0 saturated carbocycles. The van der Waals surface area contributed by atoms with Crippen molar-refractivity contribution in [2.24, 2.45) is 0 Å². The quantitative estimate of drug-likeness (QED) is 0.293. The second-order valence-electron chi connectivity index (χ2n) is 6.42. The van der Waals surface area contributed by atoms with E-state index in [2.05, 4.69) is 15.0 Å². The number of hydrogen-bond acceptors (Lipinski definition) is 11. The summed E-state index contributed by atoms with van der Waals surface area (Å²) in [6, 6.07) is 0. The molecule has 2 aromatic rings. The second-order valence-corrected chi connectivity index (χ2v) is 7.21. The number of carbonyl (C=O) groups is 3. The van der Waals surface area contributed by atoms with Crippen LogP contribution in [0.1, 0.15) is 27.0 Å². The molecule has 0 radical (unpaired) electrons. The van der Waals surface area contributed by atoms with Crippen LogP contribution in [0, 0.1) is 0 Å². The van der Waals surface area contributed by atoms with Crippen molar-refractivity contribution in [3.05, 3.63) is 16.7 Å². The van der Waals surface area contributed by atoms with Crippen molar-refractivity contribution in [1.29, 1.82) is 0 Å². The van der Waals surface area contributed by atoms with Crippen molar-refractivity contribution in [3.63, 3.8) is 0 Å². The van der Waals surface area contributed by atoms with E-state index < -0.39 is 48.0 Å². The first kappa shape index (κ1) is 21.8. The lowest BCUT2D eigenvalue weighted by atomic mass is 10.0. The lowest BCUT2D eigenvalue weighted by Gasteiger charge is -2.40. The van der Waals surface area contributed by atoms with Gasteiger partial charge in [-0.2, -0.15) is 0 Å². The third-order valence-corrected chi connectivity index (χ3v) is 4.78. The number of esters is 3. The van der Waals surface area contributed by atoms with Crippen LogP contribution in [0.4, 0.5) is 0 Å². The molecule has 1 N–H and O–H groups in total. The molecule has 0 aromatic carbocycles. The topological polar surface area (TPSA) is 152 Å². The van der Waals surface area contributed by atoms with E-state index in [0.29, 0.717) is 5.16 Å². The zero-order valence-electron chi connectivity index (χ0n) is 16.6. The van der Waals surface area contributed by atoms with E-state index in [1.165, 1.54) is 43.4 Å². The van der Waals surface area contributed by atoms with E-state index in [0.717, 1.165) is 0 Å². The monoisotopic (exact) mass is 440 g/mol. The Morgan fingerprint density at radius 2 is 1.77 bits per heavy atom. The third kappa shape index (κ3) is 4.46. The molecule has 0 bridgehead atoms. The van der Waals surface area contributed by atoms with Gasteiger partial charge in [-0.3, -0.25) is 28.7 Å². The Bertz CT molecular complexity index is 1030. The largest absolute Gasteiger partial charge is 0.456 e. The molecule has 0 amide bonds. The van der Waals surface area contributed by atoms with Gasteiger partial charge in [0.15, 0.2) is 40.9 Å². The highest BCUT2D eigenvalue weighted by Crippen LogP contribution is 2.32. The number of aromatic nitrogens is 4. The lowest BCUT2D eigenvalue weighted by Crippen LogP contribution is -2.55. The Morgan fingerprint density at radius 3 is 2.37 bits per heavy atom. The molecule has 1 fully saturated rings. The fourth-order valence-corrected chi connectivity index (χ4v) is 3.52. The van der Waals surface area contributed by atoms with Gasteiger partial charge in [0.1, 0.15) is 0 Å². The van der Waals surface area contributed by atoms with Crippen LogP contribution in [-0.4, -0.2) is 68.6 Å². The zero-order chi connectivity index (χ0) is 22.0. The fraction of sp³-hybridized carbons (Fsp3) is 0.529. The van der Waals surface area contributed by atoms with E-state index in [9.17, 15) is 19.2 Å². The lowest BCUT2D eigenvalue weighted by molar-refractivity contribution is -0.239. The summed E-state index contributed by atoms with van der Waals surface area (Å²) in [6.07, 6.45) is -1.33. The van der Waals surface area contributed by atoms with Crippen LogP contribution in [0.15, 0.2) is 16.3 Å². The number of hydrogen-bond donors (Lipinski definition) is 1. The number of nitrogens with one attached hydrogen (secondary N) is 1. The van der Waals surface area contributed by atoms with Crippen molar-refractivity contribution in [2.45, 2.75) is 50.5 Å². The number of carbonyl (C=O) groups excluding carboxylic acids is 3. The molecule has 0 aliphatic carbocycles. The summed E-state index contributed by atoms with van der Waals surface area (Å²) in [6.45, 7) is 3.40. The number of fused-ring (bicyclic) bond motifs is 1. The highest BCUT2D eigenvalue weighted by molar-refractivity contribution is 7.98. The summed E-state index contributed by atoms with van der Waals surface area (Å²) in [5, 5.41) is 0.350. The molecular weight excluding hydrogens is 420 g/mol. The maximum absolute atomic E-state index is 12.3. The Balaban J connectivity index is 2.08. The minimum Gasteiger partial charge on any atom is -0.456 e. The minimum atomic E-state index is -1.19. The molecule has 162 valence electrons. The zero-order valence-corrected chi connectivity index (χ0v) is 17.4. The maximum atomic E-state index is 12.3. The van der Waals surface area contributed by atoms with E-state index in [-0.39, 0.29) is 17.8 Å². The summed E-state index contributed by atoms with van der Waals surface area (Å²) < 4.78 is 23.1. The van der Waals surface area contributed by atoms with Gasteiger partial charge in [-0.05, 0) is 6.26 Å². The molecule has 3 heterocycles. The molecule has 0 unspecified atom stereocenters. The van der Waals surface area contributed by atoms with Gasteiger partial charge < -0.3 is 18.9 Å². The van der Waals surface area contributed by atoms with Gasteiger partial charge in [0.2, 0.25) is 0 Å². The first-order valence-corrected chi connectivity index (χ1v) is 10.1. The highest BCUT2D eigenvalue weighted by Gasteiger charge is 2.48. The smallest absolute Gasteiger partial charge is 0.303 e. The summed E-state index contributed by atoms with van der Waals surface area (Å²) in [5.41, 5.74) is -0.195. The Hall–Kier alpha value is -2.93. The Labute approximate surface area is 174 Å². The number of aromatic amines is 1. The van der Waals surface area contributed by atoms with Gasteiger partial charge >= 0.3 is 17.9 Å². The Kier molecular flexibility index (Phi) is 6.41. The van der Waals surface area contributed by atoms with E-state index >= 15 is 0 Å². The number of imidazole rings is 1. The van der Waals surface area contributed by atoms with Crippen molar-refractivity contribution in [2.75, 3.05) is 12.9 Å². The van der Waals surface area contributed by atoms with Crippen molar-refractivity contribution in [3.8, 4) is 0 Å². The summed E-state index contributed by atoms with van der Waals surface area (Å²) in [5.74, 6) is -1.95. The Morgan fingerprint density at radius 1 is 1.13 bits per heavy atom. The third-order valence-electron chi connectivity index (χ3n) is 4.20. The van der Waals surface area contributed by atoms with Crippen molar-refractivity contribution >= 4 is 40.8 Å². The van der Waals surface area contributed by atoms with Gasteiger partial charge in [0.05, 0.1) is 12.9 Å². The second kappa shape index (κ2) is 8.83. The first-order chi connectivity index (χ1) is 14.2. The number of thioether (sulfide) groups is 1. The number of ether oxygens (including phenoxy) is 4. The normalized spacial score (nSPS) is 23.7. The average Bonchev–Trinajstić information content (AvgIpc) is 3.07. The van der Waals surface area contributed by atoms with Gasteiger partial charge in [-0.25, -0.2) is 9.97 Å². The van der Waals surface area contributed by atoms with Crippen LogP contribution >= 0.6 is 11.8 Å². The molecule has 1 saturated heterocycles. The van der Waals surface area contributed by atoms with Crippen LogP contribution in [0.5, 0.6) is 0 Å². The predicted molar refractivity (Wildman–Crippen MR) is 102 cm³/mol. The van der Waals surface area contributed by atoms with Crippen LogP contribution in [0.2, 0.25) is 0 Å². The molecule has 1 aliphatic rings. The molecule has 30 heavy (non-hydrogen) atoms. The average molecular weight is 440 g/mol. The molecule has 3 rings (SSSR count). The molecule has 12 nitrogen and oxygen atoms in total. The highest BCUT2D eigenvalue weighted by atomic mass is 32.2. The maximum Gasteiger partial charge on any atom is 0.303 e.